The number of benzene rings is 2. The zero-order valence-corrected chi connectivity index (χ0v) is 17.4. The number of ether oxygens (including phenoxy) is 1. The van der Waals surface area contributed by atoms with Crippen LogP contribution in [0.2, 0.25) is 5.02 Å². The molecule has 1 unspecified atom stereocenters. The lowest BCUT2D eigenvalue weighted by molar-refractivity contribution is -0.122. The molecule has 0 radical (unpaired) electrons. The standard InChI is InChI=1S/C22H18ClN3O2S/c1-13-8-9-15(21-26-18-7-4-10-24-22(18)29-21)11-19(13)25-20(27)14(2)28-17-6-3-5-16(23)12-17/h3-12,14H,1-2H3,(H,25,27). The maximum absolute atomic E-state index is 12.7. The number of halogens is 1. The van der Waals surface area contributed by atoms with Crippen LogP contribution in [0.25, 0.3) is 20.9 Å². The lowest BCUT2D eigenvalue weighted by Crippen LogP contribution is -2.30. The fourth-order valence-electron chi connectivity index (χ4n) is 2.82. The Kier molecular flexibility index (Phi) is 5.47. The van der Waals surface area contributed by atoms with Gasteiger partial charge in [-0.25, -0.2) is 9.97 Å². The minimum absolute atomic E-state index is 0.240. The largest absolute Gasteiger partial charge is 0.481 e. The van der Waals surface area contributed by atoms with Gasteiger partial charge < -0.3 is 10.1 Å². The second-order valence-electron chi connectivity index (χ2n) is 6.58. The van der Waals surface area contributed by atoms with E-state index in [4.69, 9.17) is 16.3 Å². The van der Waals surface area contributed by atoms with Gasteiger partial charge in [0.25, 0.3) is 5.91 Å². The van der Waals surface area contributed by atoms with Crippen molar-refractivity contribution in [2.45, 2.75) is 20.0 Å². The molecule has 2 aromatic heterocycles. The Hall–Kier alpha value is -2.96. The first kappa shape index (κ1) is 19.4. The van der Waals surface area contributed by atoms with Crippen LogP contribution in [0, 0.1) is 6.92 Å². The molecule has 1 amide bonds. The predicted octanol–water partition coefficient (Wildman–Crippen LogP) is 5.73. The molecule has 7 heteroatoms. The molecule has 1 atom stereocenters. The van der Waals surface area contributed by atoms with E-state index in [0.29, 0.717) is 10.8 Å². The highest BCUT2D eigenvalue weighted by atomic mass is 35.5. The van der Waals surface area contributed by atoms with Crippen LogP contribution < -0.4 is 10.1 Å². The van der Waals surface area contributed by atoms with Crippen molar-refractivity contribution in [2.24, 2.45) is 0 Å². The van der Waals surface area contributed by atoms with Gasteiger partial charge in [-0.3, -0.25) is 4.79 Å². The van der Waals surface area contributed by atoms with Crippen LogP contribution in [0.1, 0.15) is 12.5 Å². The maximum Gasteiger partial charge on any atom is 0.265 e. The number of hydrogen-bond donors (Lipinski definition) is 1. The number of rotatable bonds is 5. The normalized spacial score (nSPS) is 12.0. The summed E-state index contributed by atoms with van der Waals surface area (Å²) in [6.07, 6.45) is 1.08. The Morgan fingerprint density at radius 3 is 2.83 bits per heavy atom. The van der Waals surface area contributed by atoms with E-state index in [1.54, 1.807) is 37.4 Å². The SMILES string of the molecule is Cc1ccc(-c2nc3cccnc3s2)cc1NC(=O)C(C)Oc1cccc(Cl)c1. The number of carbonyl (C=O) groups is 1. The quantitative estimate of drug-likeness (QED) is 0.445. The Morgan fingerprint density at radius 1 is 1.17 bits per heavy atom. The number of nitrogens with zero attached hydrogens (tertiary/aromatic N) is 2. The number of pyridine rings is 1. The van der Waals surface area contributed by atoms with E-state index in [-0.39, 0.29) is 5.91 Å². The van der Waals surface area contributed by atoms with Crippen molar-refractivity contribution in [3.63, 3.8) is 0 Å². The third kappa shape index (κ3) is 4.39. The Morgan fingerprint density at radius 2 is 2.03 bits per heavy atom. The summed E-state index contributed by atoms with van der Waals surface area (Å²) in [5.74, 6) is 0.309. The molecule has 0 aliphatic rings. The minimum atomic E-state index is -0.678. The van der Waals surface area contributed by atoms with Crippen LogP contribution in [0.4, 0.5) is 5.69 Å². The average molecular weight is 424 g/mol. The van der Waals surface area contributed by atoms with Crippen molar-refractivity contribution in [1.82, 2.24) is 9.97 Å². The Labute approximate surface area is 177 Å². The molecule has 4 rings (SSSR count). The van der Waals surface area contributed by atoms with Crippen molar-refractivity contribution >= 4 is 44.9 Å². The van der Waals surface area contributed by atoms with Gasteiger partial charge in [0.1, 0.15) is 21.1 Å². The Bertz CT molecular complexity index is 1160. The molecule has 146 valence electrons. The number of nitrogens with one attached hydrogen (secondary N) is 1. The summed E-state index contributed by atoms with van der Waals surface area (Å²) in [5, 5.41) is 4.37. The third-order valence-corrected chi connectivity index (χ3v) is 5.65. The molecular formula is C22H18ClN3O2S. The highest BCUT2D eigenvalue weighted by Crippen LogP contribution is 2.31. The first-order valence-corrected chi connectivity index (χ1v) is 10.2. The Balaban J connectivity index is 1.53. The topological polar surface area (TPSA) is 64.1 Å². The predicted molar refractivity (Wildman–Crippen MR) is 118 cm³/mol. The van der Waals surface area contributed by atoms with Gasteiger partial charge in [-0.05, 0) is 55.8 Å². The van der Waals surface area contributed by atoms with E-state index >= 15 is 0 Å². The molecule has 0 aliphatic carbocycles. The summed E-state index contributed by atoms with van der Waals surface area (Å²) in [6, 6.07) is 16.7. The first-order valence-electron chi connectivity index (χ1n) is 9.05. The molecule has 5 nitrogen and oxygen atoms in total. The molecule has 0 saturated heterocycles. The summed E-state index contributed by atoms with van der Waals surface area (Å²) in [7, 11) is 0. The molecule has 29 heavy (non-hydrogen) atoms. The highest BCUT2D eigenvalue weighted by molar-refractivity contribution is 7.21. The number of fused-ring (bicyclic) bond motifs is 1. The van der Waals surface area contributed by atoms with Crippen molar-refractivity contribution < 1.29 is 9.53 Å². The lowest BCUT2D eigenvalue weighted by atomic mass is 10.1. The van der Waals surface area contributed by atoms with E-state index < -0.39 is 6.10 Å². The molecule has 0 saturated carbocycles. The molecule has 0 aliphatic heterocycles. The number of carbonyl (C=O) groups excluding carboxylic acids is 1. The first-order chi connectivity index (χ1) is 14.0. The molecule has 0 spiro atoms. The number of anilines is 1. The van der Waals surface area contributed by atoms with E-state index in [1.165, 1.54) is 11.3 Å². The van der Waals surface area contributed by atoms with Gasteiger partial charge in [-0.15, -0.1) is 0 Å². The monoisotopic (exact) mass is 423 g/mol. The molecule has 2 aromatic carbocycles. The van der Waals surface area contributed by atoms with Gasteiger partial charge in [0, 0.05) is 22.5 Å². The highest BCUT2D eigenvalue weighted by Gasteiger charge is 2.17. The van der Waals surface area contributed by atoms with E-state index in [1.807, 2.05) is 37.3 Å². The smallest absolute Gasteiger partial charge is 0.265 e. The van der Waals surface area contributed by atoms with Crippen LogP contribution in [0.3, 0.4) is 0 Å². The van der Waals surface area contributed by atoms with Crippen molar-refractivity contribution in [3.05, 3.63) is 71.4 Å². The van der Waals surface area contributed by atoms with Gasteiger partial charge in [-0.1, -0.05) is 41.1 Å². The summed E-state index contributed by atoms with van der Waals surface area (Å²) in [4.78, 5) is 22.5. The van der Waals surface area contributed by atoms with Crippen molar-refractivity contribution in [1.29, 1.82) is 0 Å². The molecule has 0 fully saturated rings. The van der Waals surface area contributed by atoms with Gasteiger partial charge in [-0.2, -0.15) is 0 Å². The number of hydrogen-bond acceptors (Lipinski definition) is 5. The summed E-state index contributed by atoms with van der Waals surface area (Å²) in [6.45, 7) is 3.65. The fourth-order valence-corrected chi connectivity index (χ4v) is 3.90. The third-order valence-electron chi connectivity index (χ3n) is 4.39. The molecule has 1 N–H and O–H groups in total. The van der Waals surface area contributed by atoms with Crippen LogP contribution in [-0.4, -0.2) is 22.0 Å². The molecule has 2 heterocycles. The van der Waals surface area contributed by atoms with Crippen molar-refractivity contribution in [3.8, 4) is 16.3 Å². The van der Waals surface area contributed by atoms with E-state index in [9.17, 15) is 4.79 Å². The van der Waals surface area contributed by atoms with E-state index in [2.05, 4.69) is 15.3 Å². The number of aryl methyl sites for hydroxylation is 1. The molecular weight excluding hydrogens is 406 g/mol. The summed E-state index contributed by atoms with van der Waals surface area (Å²) >= 11 is 7.49. The second-order valence-corrected chi connectivity index (χ2v) is 8.00. The van der Waals surface area contributed by atoms with Gasteiger partial charge in [0.2, 0.25) is 0 Å². The molecule has 4 aromatic rings. The number of aromatic nitrogens is 2. The summed E-state index contributed by atoms with van der Waals surface area (Å²) < 4.78 is 5.71. The fraction of sp³-hybridized carbons (Fsp3) is 0.136. The van der Waals surface area contributed by atoms with Crippen LogP contribution in [0.15, 0.2) is 60.8 Å². The zero-order chi connectivity index (χ0) is 20.4. The zero-order valence-electron chi connectivity index (χ0n) is 15.8. The lowest BCUT2D eigenvalue weighted by Gasteiger charge is -2.16. The maximum atomic E-state index is 12.7. The second kappa shape index (κ2) is 8.19. The summed E-state index contributed by atoms with van der Waals surface area (Å²) in [5.41, 5.74) is 3.47. The van der Waals surface area contributed by atoms with Crippen LogP contribution in [0.5, 0.6) is 5.75 Å². The van der Waals surface area contributed by atoms with E-state index in [0.717, 1.165) is 32.2 Å². The minimum Gasteiger partial charge on any atom is -0.481 e. The molecule has 0 bridgehead atoms. The van der Waals surface area contributed by atoms with Crippen LogP contribution in [-0.2, 0) is 4.79 Å². The van der Waals surface area contributed by atoms with Gasteiger partial charge in [0.15, 0.2) is 6.10 Å². The van der Waals surface area contributed by atoms with Gasteiger partial charge in [0.05, 0.1) is 0 Å². The van der Waals surface area contributed by atoms with Crippen LogP contribution >= 0.6 is 22.9 Å². The average Bonchev–Trinajstić information content (AvgIpc) is 3.14. The van der Waals surface area contributed by atoms with Crippen molar-refractivity contribution in [2.75, 3.05) is 5.32 Å². The number of amides is 1. The van der Waals surface area contributed by atoms with Gasteiger partial charge >= 0.3 is 0 Å². The number of thiazole rings is 1.